The van der Waals surface area contributed by atoms with Gasteiger partial charge in [-0.25, -0.2) is 4.98 Å². The molecule has 1 aromatic heterocycles. The molecule has 0 saturated heterocycles. The van der Waals surface area contributed by atoms with Crippen molar-refractivity contribution >= 4 is 5.82 Å². The van der Waals surface area contributed by atoms with E-state index >= 15 is 0 Å². The first-order valence-corrected chi connectivity index (χ1v) is 6.90. The lowest BCUT2D eigenvalue weighted by Crippen LogP contribution is -2.02. The van der Waals surface area contributed by atoms with Crippen LogP contribution >= 0.6 is 0 Å². The van der Waals surface area contributed by atoms with E-state index in [-0.39, 0.29) is 0 Å². The minimum absolute atomic E-state index is 0.298. The van der Waals surface area contributed by atoms with E-state index in [0.717, 1.165) is 5.75 Å². The highest BCUT2D eigenvalue weighted by atomic mass is 16.5. The van der Waals surface area contributed by atoms with E-state index in [4.69, 9.17) is 15.2 Å². The zero-order valence-electron chi connectivity index (χ0n) is 12.9. The normalized spacial score (nSPS) is 10.9. The number of methoxy groups -OCH3 is 1. The Balaban J connectivity index is 2.23. The minimum Gasteiger partial charge on any atom is -0.439 e. The summed E-state index contributed by atoms with van der Waals surface area (Å²) in [7, 11) is 1.58. The van der Waals surface area contributed by atoms with Gasteiger partial charge in [-0.15, -0.1) is 0 Å². The van der Waals surface area contributed by atoms with Crippen LogP contribution in [0.1, 0.15) is 36.7 Å². The van der Waals surface area contributed by atoms with Crippen molar-refractivity contribution in [3.63, 3.8) is 0 Å². The zero-order chi connectivity index (χ0) is 15.4. The molecular weight excluding hydrogens is 266 g/mol. The van der Waals surface area contributed by atoms with Crippen molar-refractivity contribution in [3.05, 3.63) is 41.2 Å². The molecule has 0 atom stereocenters. The van der Waals surface area contributed by atoms with Gasteiger partial charge in [0, 0.05) is 13.2 Å². The van der Waals surface area contributed by atoms with Crippen molar-refractivity contribution in [3.8, 4) is 11.6 Å². The molecule has 0 saturated carbocycles. The molecular formula is C16H21N3O2. The van der Waals surface area contributed by atoms with Gasteiger partial charge in [0.05, 0.1) is 0 Å². The fourth-order valence-electron chi connectivity index (χ4n) is 2.22. The Kier molecular flexibility index (Phi) is 4.75. The van der Waals surface area contributed by atoms with Gasteiger partial charge in [0.15, 0.2) is 5.82 Å². The summed E-state index contributed by atoms with van der Waals surface area (Å²) >= 11 is 0. The summed E-state index contributed by atoms with van der Waals surface area (Å²) in [5.74, 6) is 2.51. The predicted molar refractivity (Wildman–Crippen MR) is 82.5 cm³/mol. The van der Waals surface area contributed by atoms with Gasteiger partial charge >= 0.3 is 0 Å². The third-order valence-electron chi connectivity index (χ3n) is 3.13. The fourth-order valence-corrected chi connectivity index (χ4v) is 2.22. The highest BCUT2D eigenvalue weighted by Gasteiger charge is 2.08. The molecule has 0 aliphatic heterocycles. The third-order valence-corrected chi connectivity index (χ3v) is 3.13. The van der Waals surface area contributed by atoms with E-state index in [0.29, 0.717) is 30.0 Å². The van der Waals surface area contributed by atoms with Crippen LogP contribution in [0, 0.1) is 6.92 Å². The van der Waals surface area contributed by atoms with E-state index in [1.165, 1.54) is 11.1 Å². The maximum Gasteiger partial charge on any atom is 0.224 e. The molecule has 112 valence electrons. The second-order valence-corrected chi connectivity index (χ2v) is 5.26. The molecule has 2 N–H and O–H groups in total. The molecule has 0 aliphatic rings. The molecule has 0 bridgehead atoms. The summed E-state index contributed by atoms with van der Waals surface area (Å²) in [6.07, 6.45) is 0. The average Bonchev–Trinajstić information content (AvgIpc) is 2.37. The van der Waals surface area contributed by atoms with Gasteiger partial charge in [-0.05, 0) is 36.1 Å². The van der Waals surface area contributed by atoms with Gasteiger partial charge in [0.2, 0.25) is 5.88 Å². The molecule has 0 radical (unpaired) electrons. The van der Waals surface area contributed by atoms with Crippen molar-refractivity contribution in [2.75, 3.05) is 12.8 Å². The van der Waals surface area contributed by atoms with Gasteiger partial charge in [-0.1, -0.05) is 19.9 Å². The van der Waals surface area contributed by atoms with Crippen LogP contribution in [0.5, 0.6) is 11.6 Å². The van der Waals surface area contributed by atoms with E-state index < -0.39 is 0 Å². The molecule has 2 rings (SSSR count). The molecule has 0 amide bonds. The van der Waals surface area contributed by atoms with E-state index in [2.05, 4.69) is 36.8 Å². The topological polar surface area (TPSA) is 70.3 Å². The average molecular weight is 287 g/mol. The number of ether oxygens (including phenoxy) is 2. The molecule has 2 aromatic rings. The van der Waals surface area contributed by atoms with Crippen LogP contribution in [0.4, 0.5) is 5.82 Å². The Hall–Kier alpha value is -2.14. The van der Waals surface area contributed by atoms with Crippen LogP contribution in [-0.2, 0) is 11.3 Å². The standard InChI is InChI=1S/C16H21N3O2/c1-10(2)13-6-5-12(7-11(13)3)21-16-8-14(17)18-15(19-16)9-20-4/h5-8,10H,9H2,1-4H3,(H2,17,18,19). The van der Waals surface area contributed by atoms with Crippen LogP contribution in [0.3, 0.4) is 0 Å². The van der Waals surface area contributed by atoms with Gasteiger partial charge in [-0.3, -0.25) is 0 Å². The number of hydrogen-bond donors (Lipinski definition) is 1. The number of benzene rings is 1. The molecule has 0 aliphatic carbocycles. The molecule has 1 aromatic carbocycles. The molecule has 21 heavy (non-hydrogen) atoms. The summed E-state index contributed by atoms with van der Waals surface area (Å²) in [4.78, 5) is 8.35. The van der Waals surface area contributed by atoms with Crippen molar-refractivity contribution in [1.29, 1.82) is 0 Å². The second kappa shape index (κ2) is 6.54. The van der Waals surface area contributed by atoms with Crippen molar-refractivity contribution in [2.45, 2.75) is 33.3 Å². The number of nitrogens with zero attached hydrogens (tertiary/aromatic N) is 2. The first-order chi connectivity index (χ1) is 9.99. The number of nitrogens with two attached hydrogens (primary N) is 1. The van der Waals surface area contributed by atoms with Gasteiger partial charge < -0.3 is 15.2 Å². The summed E-state index contributed by atoms with van der Waals surface area (Å²) in [6, 6.07) is 7.63. The lowest BCUT2D eigenvalue weighted by Gasteiger charge is -2.12. The first kappa shape index (κ1) is 15.3. The van der Waals surface area contributed by atoms with Crippen molar-refractivity contribution in [1.82, 2.24) is 9.97 Å². The molecule has 0 spiro atoms. The van der Waals surface area contributed by atoms with Crippen LogP contribution < -0.4 is 10.5 Å². The summed E-state index contributed by atoms with van der Waals surface area (Å²) in [5, 5.41) is 0. The first-order valence-electron chi connectivity index (χ1n) is 6.90. The SMILES string of the molecule is COCc1nc(N)cc(Oc2ccc(C(C)C)c(C)c2)n1. The van der Waals surface area contributed by atoms with Crippen LogP contribution in [-0.4, -0.2) is 17.1 Å². The lowest BCUT2D eigenvalue weighted by atomic mass is 9.98. The van der Waals surface area contributed by atoms with Crippen molar-refractivity contribution < 1.29 is 9.47 Å². The quantitative estimate of drug-likeness (QED) is 0.912. The summed E-state index contributed by atoms with van der Waals surface area (Å²) < 4.78 is 10.8. The Morgan fingerprint density at radius 1 is 1.19 bits per heavy atom. The molecule has 1 heterocycles. The Morgan fingerprint density at radius 3 is 2.57 bits per heavy atom. The summed E-state index contributed by atoms with van der Waals surface area (Å²) in [5.41, 5.74) is 8.26. The van der Waals surface area contributed by atoms with E-state index in [1.807, 2.05) is 12.1 Å². The highest BCUT2D eigenvalue weighted by molar-refractivity contribution is 5.40. The van der Waals surface area contributed by atoms with Crippen LogP contribution in [0.25, 0.3) is 0 Å². The monoisotopic (exact) mass is 287 g/mol. The Bertz CT molecular complexity index is 627. The number of anilines is 1. The molecule has 5 nitrogen and oxygen atoms in total. The molecule has 0 fully saturated rings. The lowest BCUT2D eigenvalue weighted by molar-refractivity contribution is 0.177. The number of aryl methyl sites for hydroxylation is 1. The Labute approximate surface area is 125 Å². The van der Waals surface area contributed by atoms with Crippen molar-refractivity contribution in [2.24, 2.45) is 0 Å². The molecule has 0 unspecified atom stereocenters. The van der Waals surface area contributed by atoms with E-state index in [1.54, 1.807) is 13.2 Å². The summed E-state index contributed by atoms with van der Waals surface area (Å²) in [6.45, 7) is 6.72. The Morgan fingerprint density at radius 2 is 1.95 bits per heavy atom. The maximum absolute atomic E-state index is 5.78. The third kappa shape index (κ3) is 3.92. The molecule has 5 heteroatoms. The fraction of sp³-hybridized carbons (Fsp3) is 0.375. The largest absolute Gasteiger partial charge is 0.439 e. The maximum atomic E-state index is 5.78. The number of rotatable bonds is 5. The van der Waals surface area contributed by atoms with Gasteiger partial charge in [0.1, 0.15) is 18.2 Å². The number of hydrogen-bond acceptors (Lipinski definition) is 5. The smallest absolute Gasteiger partial charge is 0.224 e. The minimum atomic E-state index is 0.298. The number of aromatic nitrogens is 2. The predicted octanol–water partition coefficient (Wildman–Crippen LogP) is 3.43. The zero-order valence-corrected chi connectivity index (χ0v) is 12.9. The van der Waals surface area contributed by atoms with E-state index in [9.17, 15) is 0 Å². The van der Waals surface area contributed by atoms with Crippen LogP contribution in [0.2, 0.25) is 0 Å². The van der Waals surface area contributed by atoms with Crippen LogP contribution in [0.15, 0.2) is 24.3 Å². The highest BCUT2D eigenvalue weighted by Crippen LogP contribution is 2.26. The second-order valence-electron chi connectivity index (χ2n) is 5.26. The number of nitrogen functional groups attached to an aromatic ring is 1. The van der Waals surface area contributed by atoms with Gasteiger partial charge in [0.25, 0.3) is 0 Å². The van der Waals surface area contributed by atoms with Gasteiger partial charge in [-0.2, -0.15) is 4.98 Å².